The molecule has 0 unspecified atom stereocenters. The number of hydrogen-bond acceptors (Lipinski definition) is 3. The van der Waals surface area contributed by atoms with E-state index in [2.05, 4.69) is 0 Å². The molecule has 1 amide bonds. The van der Waals surface area contributed by atoms with Crippen molar-refractivity contribution >= 4 is 23.5 Å². The molecule has 3 aromatic rings. The topological polar surface area (TPSA) is 66.8 Å². The number of ether oxygens (including phenoxy) is 1. The van der Waals surface area contributed by atoms with Crippen LogP contribution >= 0.6 is 11.6 Å². The number of benzene rings is 3. The third-order valence-electron chi connectivity index (χ3n) is 6.19. The SMILES string of the molecule is C[C@]1(Cc2ccc(F)c(Cl)c2)Cc2cc(C(=O)N(CCC(=O)O)CCc3ccccc3)ccc2O1. The zero-order chi connectivity index (χ0) is 25.0. The van der Waals surface area contributed by atoms with Crippen LogP contribution in [0.15, 0.2) is 66.7 Å². The van der Waals surface area contributed by atoms with Crippen LogP contribution in [0, 0.1) is 5.82 Å². The average molecular weight is 496 g/mol. The summed E-state index contributed by atoms with van der Waals surface area (Å²) in [6.07, 6.45) is 1.63. The van der Waals surface area contributed by atoms with Gasteiger partial charge < -0.3 is 14.7 Å². The molecule has 1 N–H and O–H groups in total. The largest absolute Gasteiger partial charge is 0.487 e. The van der Waals surface area contributed by atoms with E-state index in [4.69, 9.17) is 21.4 Å². The molecule has 0 aromatic heterocycles. The quantitative estimate of drug-likeness (QED) is 0.421. The molecule has 0 aliphatic carbocycles. The van der Waals surface area contributed by atoms with Gasteiger partial charge in [-0.2, -0.15) is 0 Å². The van der Waals surface area contributed by atoms with Crippen molar-refractivity contribution in [1.82, 2.24) is 4.90 Å². The Morgan fingerprint density at radius 1 is 1.06 bits per heavy atom. The predicted octanol–water partition coefficient (Wildman–Crippen LogP) is 5.58. The maximum absolute atomic E-state index is 13.5. The van der Waals surface area contributed by atoms with Crippen LogP contribution in [0.25, 0.3) is 0 Å². The van der Waals surface area contributed by atoms with Crippen molar-refractivity contribution in [3.8, 4) is 5.75 Å². The van der Waals surface area contributed by atoms with E-state index in [-0.39, 0.29) is 23.9 Å². The summed E-state index contributed by atoms with van der Waals surface area (Å²) in [5.41, 5.74) is 2.80. The van der Waals surface area contributed by atoms with E-state index in [0.717, 1.165) is 16.7 Å². The lowest BCUT2D eigenvalue weighted by Crippen LogP contribution is -2.35. The van der Waals surface area contributed by atoms with E-state index in [1.807, 2.05) is 43.3 Å². The molecule has 0 saturated carbocycles. The van der Waals surface area contributed by atoms with Gasteiger partial charge in [-0.15, -0.1) is 0 Å². The first-order valence-electron chi connectivity index (χ1n) is 11.5. The average Bonchev–Trinajstić information content (AvgIpc) is 3.16. The van der Waals surface area contributed by atoms with Crippen LogP contribution in [0.3, 0.4) is 0 Å². The van der Waals surface area contributed by atoms with Gasteiger partial charge in [0.25, 0.3) is 5.91 Å². The summed E-state index contributed by atoms with van der Waals surface area (Å²) in [5, 5.41) is 9.23. The standard InChI is InChI=1S/C28H27ClFNO4/c1-28(17-20-7-9-24(30)23(29)15-20)18-22-16-21(8-10-25(22)35-28)27(34)31(14-12-26(32)33)13-11-19-5-3-2-4-6-19/h2-10,15-16H,11-14,17-18H2,1H3,(H,32,33)/t28-/m0/s1. The third-order valence-corrected chi connectivity index (χ3v) is 6.48. The van der Waals surface area contributed by atoms with Crippen molar-refractivity contribution in [2.45, 2.75) is 38.2 Å². The number of fused-ring (bicyclic) bond motifs is 1. The molecule has 4 rings (SSSR count). The Kier molecular flexibility index (Phi) is 7.41. The Bertz CT molecular complexity index is 1230. The van der Waals surface area contributed by atoms with Crippen molar-refractivity contribution in [1.29, 1.82) is 0 Å². The first-order chi connectivity index (χ1) is 16.7. The Labute approximate surface area is 209 Å². The number of carbonyl (C=O) groups is 2. The van der Waals surface area contributed by atoms with Gasteiger partial charge in [-0.3, -0.25) is 9.59 Å². The fourth-order valence-corrected chi connectivity index (χ4v) is 4.67. The lowest BCUT2D eigenvalue weighted by atomic mass is 9.91. The van der Waals surface area contributed by atoms with Crippen molar-refractivity contribution in [3.05, 3.63) is 99.8 Å². The Morgan fingerprint density at radius 3 is 2.54 bits per heavy atom. The number of carboxylic acids is 1. The number of carbonyl (C=O) groups excluding carboxylic acids is 1. The maximum Gasteiger partial charge on any atom is 0.305 e. The normalized spacial score (nSPS) is 16.4. The molecule has 0 radical (unpaired) electrons. The fraction of sp³-hybridized carbons (Fsp3) is 0.286. The van der Waals surface area contributed by atoms with Crippen LogP contribution in [0.4, 0.5) is 4.39 Å². The van der Waals surface area contributed by atoms with Crippen LogP contribution < -0.4 is 4.74 Å². The van der Waals surface area contributed by atoms with E-state index in [9.17, 15) is 14.0 Å². The molecule has 0 bridgehead atoms. The molecule has 0 spiro atoms. The van der Waals surface area contributed by atoms with E-state index < -0.39 is 17.4 Å². The number of carboxylic acid groups (broad SMARTS) is 1. The number of nitrogens with zero attached hydrogens (tertiary/aromatic N) is 1. The van der Waals surface area contributed by atoms with Gasteiger partial charge in [0.15, 0.2) is 0 Å². The Balaban J connectivity index is 1.48. The van der Waals surface area contributed by atoms with Gasteiger partial charge in [-0.1, -0.05) is 48.0 Å². The van der Waals surface area contributed by atoms with E-state index in [0.29, 0.717) is 37.1 Å². The molecule has 0 saturated heterocycles. The van der Waals surface area contributed by atoms with E-state index >= 15 is 0 Å². The van der Waals surface area contributed by atoms with Gasteiger partial charge in [-0.25, -0.2) is 4.39 Å². The Morgan fingerprint density at radius 2 is 1.83 bits per heavy atom. The van der Waals surface area contributed by atoms with Crippen LogP contribution in [0.2, 0.25) is 5.02 Å². The minimum absolute atomic E-state index is 0.0754. The minimum Gasteiger partial charge on any atom is -0.487 e. The highest BCUT2D eigenvalue weighted by Gasteiger charge is 2.35. The van der Waals surface area contributed by atoms with Crippen molar-refractivity contribution in [2.24, 2.45) is 0 Å². The van der Waals surface area contributed by atoms with Crippen LogP contribution in [0.1, 0.15) is 40.4 Å². The van der Waals surface area contributed by atoms with Gasteiger partial charge in [0.1, 0.15) is 17.2 Å². The molecular weight excluding hydrogens is 469 g/mol. The molecule has 1 aliphatic heterocycles. The summed E-state index contributed by atoms with van der Waals surface area (Å²) < 4.78 is 19.7. The molecule has 0 fully saturated rings. The number of hydrogen-bond donors (Lipinski definition) is 1. The van der Waals surface area contributed by atoms with Crippen LogP contribution in [-0.4, -0.2) is 40.6 Å². The molecule has 7 heteroatoms. The monoisotopic (exact) mass is 495 g/mol. The molecule has 5 nitrogen and oxygen atoms in total. The van der Waals surface area contributed by atoms with E-state index in [1.165, 1.54) is 6.07 Å². The third kappa shape index (κ3) is 6.20. The molecule has 35 heavy (non-hydrogen) atoms. The summed E-state index contributed by atoms with van der Waals surface area (Å²) in [7, 11) is 0. The van der Waals surface area contributed by atoms with Crippen LogP contribution in [-0.2, 0) is 24.1 Å². The van der Waals surface area contributed by atoms with Gasteiger partial charge in [-0.05, 0) is 60.4 Å². The summed E-state index contributed by atoms with van der Waals surface area (Å²) >= 11 is 5.93. The number of rotatable bonds is 9. The minimum atomic E-state index is -0.943. The molecule has 1 heterocycles. The summed E-state index contributed by atoms with van der Waals surface area (Å²) in [5.74, 6) is -0.900. The predicted molar refractivity (Wildman–Crippen MR) is 133 cm³/mol. The second-order valence-electron chi connectivity index (χ2n) is 9.15. The highest BCUT2D eigenvalue weighted by Crippen LogP contribution is 2.38. The van der Waals surface area contributed by atoms with Crippen molar-refractivity contribution in [2.75, 3.05) is 13.1 Å². The van der Waals surface area contributed by atoms with E-state index in [1.54, 1.807) is 29.2 Å². The Hall–Kier alpha value is -3.38. The second-order valence-corrected chi connectivity index (χ2v) is 9.56. The molecule has 1 atom stereocenters. The van der Waals surface area contributed by atoms with Gasteiger partial charge in [0.2, 0.25) is 0 Å². The number of amides is 1. The lowest BCUT2D eigenvalue weighted by Gasteiger charge is -2.24. The zero-order valence-electron chi connectivity index (χ0n) is 19.5. The fourth-order valence-electron chi connectivity index (χ4n) is 4.47. The molecule has 1 aliphatic rings. The summed E-state index contributed by atoms with van der Waals surface area (Å²) in [6.45, 7) is 2.54. The summed E-state index contributed by atoms with van der Waals surface area (Å²) in [6, 6.07) is 19.8. The molecular formula is C28H27ClFNO4. The number of aliphatic carboxylic acids is 1. The maximum atomic E-state index is 13.5. The first kappa shape index (κ1) is 24.7. The van der Waals surface area contributed by atoms with Gasteiger partial charge >= 0.3 is 5.97 Å². The first-order valence-corrected chi connectivity index (χ1v) is 11.9. The highest BCUT2D eigenvalue weighted by molar-refractivity contribution is 6.30. The van der Waals surface area contributed by atoms with Gasteiger partial charge in [0, 0.05) is 31.5 Å². The van der Waals surface area contributed by atoms with Crippen molar-refractivity contribution in [3.63, 3.8) is 0 Å². The molecule has 3 aromatic carbocycles. The lowest BCUT2D eigenvalue weighted by molar-refractivity contribution is -0.137. The van der Waals surface area contributed by atoms with Gasteiger partial charge in [0.05, 0.1) is 11.4 Å². The highest BCUT2D eigenvalue weighted by atomic mass is 35.5. The van der Waals surface area contributed by atoms with Crippen LogP contribution in [0.5, 0.6) is 5.75 Å². The number of halogens is 2. The smallest absolute Gasteiger partial charge is 0.305 e. The zero-order valence-corrected chi connectivity index (χ0v) is 20.2. The molecule has 182 valence electrons. The second kappa shape index (κ2) is 10.5. The summed E-state index contributed by atoms with van der Waals surface area (Å²) in [4.78, 5) is 26.1. The van der Waals surface area contributed by atoms with Crippen molar-refractivity contribution < 1.29 is 23.8 Å².